The van der Waals surface area contributed by atoms with Crippen molar-refractivity contribution in [3.05, 3.63) is 50.4 Å². The monoisotopic (exact) mass is 340 g/mol. The molecule has 5 nitrogen and oxygen atoms in total. The number of nitrogens with one attached hydrogen (secondary N) is 1. The van der Waals surface area contributed by atoms with Crippen LogP contribution in [-0.4, -0.2) is 22.0 Å². The van der Waals surface area contributed by atoms with Gasteiger partial charge in [-0.15, -0.1) is 11.3 Å². The lowest BCUT2D eigenvalue weighted by atomic mass is 10.2. The Morgan fingerprint density at radius 1 is 1.42 bits per heavy atom. The normalized spacial score (nSPS) is 10.2. The van der Waals surface area contributed by atoms with Gasteiger partial charge in [-0.25, -0.2) is 9.78 Å². The summed E-state index contributed by atoms with van der Waals surface area (Å²) in [5.74, 6) is -1.49. The predicted molar refractivity (Wildman–Crippen MR) is 74.4 cm³/mol. The van der Waals surface area contributed by atoms with Crippen LogP contribution in [-0.2, 0) is 6.54 Å². The van der Waals surface area contributed by atoms with E-state index >= 15 is 0 Å². The van der Waals surface area contributed by atoms with Crippen LogP contribution >= 0.6 is 27.3 Å². The van der Waals surface area contributed by atoms with Gasteiger partial charge in [0, 0.05) is 21.1 Å². The third-order valence-corrected chi connectivity index (χ3v) is 4.27. The first kappa shape index (κ1) is 13.7. The topological polar surface area (TPSA) is 79.3 Å². The molecule has 0 aliphatic heterocycles. The lowest BCUT2D eigenvalue weighted by Gasteiger charge is -2.04. The minimum absolute atomic E-state index is 0.148. The van der Waals surface area contributed by atoms with Gasteiger partial charge in [0.05, 0.1) is 6.54 Å². The van der Waals surface area contributed by atoms with Gasteiger partial charge >= 0.3 is 5.97 Å². The van der Waals surface area contributed by atoms with Gasteiger partial charge in [-0.2, -0.15) is 0 Å². The molecule has 1 amide bonds. The van der Waals surface area contributed by atoms with Gasteiger partial charge in [-0.1, -0.05) is 0 Å². The molecule has 0 spiro atoms. The van der Waals surface area contributed by atoms with Crippen molar-refractivity contribution in [1.29, 1.82) is 0 Å². The van der Waals surface area contributed by atoms with Gasteiger partial charge in [0.15, 0.2) is 0 Å². The van der Waals surface area contributed by atoms with Crippen LogP contribution in [0.3, 0.4) is 0 Å². The maximum atomic E-state index is 11.9. The minimum Gasteiger partial charge on any atom is -0.477 e. The highest BCUT2D eigenvalue weighted by atomic mass is 79.9. The summed E-state index contributed by atoms with van der Waals surface area (Å²) in [6.45, 7) is 0.391. The first-order valence-electron chi connectivity index (χ1n) is 5.27. The molecule has 0 aliphatic rings. The molecule has 0 unspecified atom stereocenters. The van der Waals surface area contributed by atoms with E-state index in [-0.39, 0.29) is 17.2 Å². The van der Waals surface area contributed by atoms with E-state index in [1.807, 2.05) is 11.4 Å². The standard InChI is InChI=1S/C12H9BrN2O3S/c13-8-2-4-19-10(8)6-15-11(16)7-1-3-14-9(5-7)12(17)18/h1-5H,6H2,(H,15,16)(H,17,18). The highest BCUT2D eigenvalue weighted by Gasteiger charge is 2.11. The Hall–Kier alpha value is -1.73. The highest BCUT2D eigenvalue weighted by Crippen LogP contribution is 2.22. The van der Waals surface area contributed by atoms with E-state index in [9.17, 15) is 9.59 Å². The summed E-state index contributed by atoms with van der Waals surface area (Å²) < 4.78 is 0.943. The number of hydrogen-bond acceptors (Lipinski definition) is 4. The minimum atomic E-state index is -1.16. The molecule has 2 rings (SSSR count). The molecule has 19 heavy (non-hydrogen) atoms. The van der Waals surface area contributed by atoms with Gasteiger partial charge in [-0.3, -0.25) is 4.79 Å². The molecule has 7 heteroatoms. The molecule has 0 fully saturated rings. The molecule has 2 aromatic heterocycles. The Bertz CT molecular complexity index is 627. The Labute approximate surface area is 121 Å². The van der Waals surface area contributed by atoms with Crippen molar-refractivity contribution in [2.75, 3.05) is 0 Å². The average molecular weight is 341 g/mol. The molecule has 98 valence electrons. The number of carboxylic acid groups (broad SMARTS) is 1. The fourth-order valence-electron chi connectivity index (χ4n) is 1.40. The van der Waals surface area contributed by atoms with Gasteiger partial charge in [0.1, 0.15) is 5.69 Å². The second kappa shape index (κ2) is 5.94. The molecule has 0 bridgehead atoms. The molecule has 2 N–H and O–H groups in total. The molecule has 0 saturated carbocycles. The van der Waals surface area contributed by atoms with Crippen LogP contribution in [0.15, 0.2) is 34.2 Å². The Kier molecular flexibility index (Phi) is 4.28. The van der Waals surface area contributed by atoms with E-state index in [2.05, 4.69) is 26.2 Å². The first-order chi connectivity index (χ1) is 9.08. The fourth-order valence-corrected chi connectivity index (χ4v) is 2.83. The molecule has 0 atom stereocenters. The summed E-state index contributed by atoms with van der Waals surface area (Å²) in [6.07, 6.45) is 1.30. The summed E-state index contributed by atoms with van der Waals surface area (Å²) in [5, 5.41) is 13.5. The number of amides is 1. The summed E-state index contributed by atoms with van der Waals surface area (Å²) >= 11 is 4.90. The zero-order valence-electron chi connectivity index (χ0n) is 9.59. The van der Waals surface area contributed by atoms with Crippen LogP contribution in [0.25, 0.3) is 0 Å². The predicted octanol–water partition coefficient (Wildman–Crippen LogP) is 2.53. The fraction of sp³-hybridized carbons (Fsp3) is 0.0833. The number of halogens is 1. The Balaban J connectivity index is 2.06. The molecular weight excluding hydrogens is 332 g/mol. The lowest BCUT2D eigenvalue weighted by Crippen LogP contribution is -2.23. The summed E-state index contributed by atoms with van der Waals surface area (Å²) in [7, 11) is 0. The largest absolute Gasteiger partial charge is 0.477 e. The number of thiophene rings is 1. The maximum absolute atomic E-state index is 11.9. The van der Waals surface area contributed by atoms with E-state index in [0.717, 1.165) is 9.35 Å². The smallest absolute Gasteiger partial charge is 0.354 e. The van der Waals surface area contributed by atoms with Crippen molar-refractivity contribution >= 4 is 39.1 Å². The van der Waals surface area contributed by atoms with Crippen molar-refractivity contribution in [2.45, 2.75) is 6.54 Å². The number of hydrogen-bond donors (Lipinski definition) is 2. The number of carbonyl (C=O) groups excluding carboxylic acids is 1. The number of aromatic carboxylic acids is 1. The zero-order chi connectivity index (χ0) is 13.8. The number of nitrogens with zero attached hydrogens (tertiary/aromatic N) is 1. The van der Waals surface area contributed by atoms with Crippen LogP contribution in [0, 0.1) is 0 Å². The Morgan fingerprint density at radius 2 is 2.21 bits per heavy atom. The van der Waals surface area contributed by atoms with Crippen LogP contribution in [0.1, 0.15) is 25.7 Å². The van der Waals surface area contributed by atoms with Crippen LogP contribution < -0.4 is 5.32 Å². The molecule has 2 heterocycles. The first-order valence-corrected chi connectivity index (χ1v) is 6.94. The van der Waals surface area contributed by atoms with Gasteiger partial charge < -0.3 is 10.4 Å². The number of pyridine rings is 1. The van der Waals surface area contributed by atoms with Crippen molar-refractivity contribution < 1.29 is 14.7 Å². The third kappa shape index (κ3) is 3.39. The number of rotatable bonds is 4. The van der Waals surface area contributed by atoms with E-state index in [4.69, 9.17) is 5.11 Å². The van der Waals surface area contributed by atoms with Crippen molar-refractivity contribution in [1.82, 2.24) is 10.3 Å². The average Bonchev–Trinajstić information content (AvgIpc) is 2.81. The highest BCUT2D eigenvalue weighted by molar-refractivity contribution is 9.10. The number of aromatic nitrogens is 1. The van der Waals surface area contributed by atoms with Gasteiger partial charge in [0.25, 0.3) is 5.91 Å². The molecule has 0 aromatic carbocycles. The lowest BCUT2D eigenvalue weighted by molar-refractivity contribution is 0.0690. The summed E-state index contributed by atoms with van der Waals surface area (Å²) in [4.78, 5) is 27.3. The van der Waals surface area contributed by atoms with Crippen molar-refractivity contribution in [2.24, 2.45) is 0 Å². The third-order valence-electron chi connectivity index (χ3n) is 2.34. The molecule has 2 aromatic rings. The molecule has 0 saturated heterocycles. The van der Waals surface area contributed by atoms with Crippen LogP contribution in [0.4, 0.5) is 0 Å². The maximum Gasteiger partial charge on any atom is 0.354 e. The number of carbonyl (C=O) groups is 2. The SMILES string of the molecule is O=C(NCc1sccc1Br)c1ccnc(C(=O)O)c1. The van der Waals surface area contributed by atoms with E-state index in [0.29, 0.717) is 6.54 Å². The quantitative estimate of drug-likeness (QED) is 0.896. The molecule has 0 radical (unpaired) electrons. The van der Waals surface area contributed by atoms with Crippen molar-refractivity contribution in [3.8, 4) is 0 Å². The summed E-state index contributed by atoms with van der Waals surface area (Å²) in [6, 6.07) is 4.63. The zero-order valence-corrected chi connectivity index (χ0v) is 12.0. The van der Waals surface area contributed by atoms with E-state index < -0.39 is 5.97 Å². The Morgan fingerprint density at radius 3 is 2.84 bits per heavy atom. The second-order valence-corrected chi connectivity index (χ2v) is 5.46. The van der Waals surface area contributed by atoms with Gasteiger partial charge in [0.2, 0.25) is 0 Å². The molecule has 0 aliphatic carbocycles. The second-order valence-electron chi connectivity index (χ2n) is 3.61. The van der Waals surface area contributed by atoms with Crippen LogP contribution in [0.5, 0.6) is 0 Å². The van der Waals surface area contributed by atoms with E-state index in [1.165, 1.54) is 29.7 Å². The van der Waals surface area contributed by atoms with E-state index in [1.54, 1.807) is 0 Å². The number of carboxylic acids is 1. The van der Waals surface area contributed by atoms with Gasteiger partial charge in [-0.05, 0) is 39.5 Å². The van der Waals surface area contributed by atoms with Crippen molar-refractivity contribution in [3.63, 3.8) is 0 Å². The van der Waals surface area contributed by atoms with Crippen LogP contribution in [0.2, 0.25) is 0 Å². The summed E-state index contributed by atoms with van der Waals surface area (Å²) in [5.41, 5.74) is 0.130. The molecular formula is C12H9BrN2O3S.